The van der Waals surface area contributed by atoms with E-state index in [4.69, 9.17) is 0 Å². The number of hydrogen-bond acceptors (Lipinski definition) is 1. The molecule has 0 N–H and O–H groups in total. The van der Waals surface area contributed by atoms with Crippen LogP contribution in [0.4, 0.5) is 0 Å². The Kier molecular flexibility index (Phi) is 1.53. The van der Waals surface area contributed by atoms with E-state index < -0.39 is 0 Å². The van der Waals surface area contributed by atoms with Gasteiger partial charge in [0, 0.05) is 12.2 Å². The maximum absolute atomic E-state index is 4.37. The highest BCUT2D eigenvalue weighted by molar-refractivity contribution is 5.17. The lowest BCUT2D eigenvalue weighted by molar-refractivity contribution is 0.234. The smallest absolute Gasteiger partial charge is 0.0521 e. The Labute approximate surface area is 73.6 Å². The van der Waals surface area contributed by atoms with Crippen molar-refractivity contribution in [3.05, 3.63) is 17.5 Å². The summed E-state index contributed by atoms with van der Waals surface area (Å²) in [7, 11) is 0. The second kappa shape index (κ2) is 2.35. The molecule has 12 heavy (non-hydrogen) atoms. The van der Waals surface area contributed by atoms with Gasteiger partial charge in [0.2, 0.25) is 0 Å². The molecule has 0 spiro atoms. The average molecular weight is 164 g/mol. The first-order valence-corrected chi connectivity index (χ1v) is 4.60. The second-order valence-electron chi connectivity index (χ2n) is 4.60. The van der Waals surface area contributed by atoms with Crippen LogP contribution in [0.25, 0.3) is 0 Å². The van der Waals surface area contributed by atoms with Gasteiger partial charge in [-0.15, -0.1) is 0 Å². The van der Waals surface area contributed by atoms with E-state index in [1.165, 1.54) is 24.1 Å². The fourth-order valence-corrected chi connectivity index (χ4v) is 1.91. The lowest BCUT2D eigenvalue weighted by Gasteiger charge is -2.30. The van der Waals surface area contributed by atoms with Gasteiger partial charge in [-0.25, -0.2) is 0 Å². The van der Waals surface area contributed by atoms with Crippen LogP contribution in [0.3, 0.4) is 0 Å². The zero-order chi connectivity index (χ0) is 8.77. The van der Waals surface area contributed by atoms with Crippen LogP contribution in [0.15, 0.2) is 6.20 Å². The molecule has 1 aliphatic rings. The Morgan fingerprint density at radius 2 is 2.25 bits per heavy atom. The summed E-state index contributed by atoms with van der Waals surface area (Å²) in [6.07, 6.45) is 4.47. The summed E-state index contributed by atoms with van der Waals surface area (Å²) in [6, 6.07) is 0. The fraction of sp³-hybridized carbons (Fsp3) is 0.700. The standard InChI is InChI=1S/C10H16N2/c1-8-6-11-12-7-10(2,3)5-4-9(8)12/h6H,4-5,7H2,1-3H3. The largest absolute Gasteiger partial charge is 0.269 e. The molecule has 66 valence electrons. The van der Waals surface area contributed by atoms with Crippen LogP contribution >= 0.6 is 0 Å². The van der Waals surface area contributed by atoms with Gasteiger partial charge < -0.3 is 0 Å². The van der Waals surface area contributed by atoms with Gasteiger partial charge in [0.25, 0.3) is 0 Å². The molecule has 0 unspecified atom stereocenters. The number of hydrogen-bond donors (Lipinski definition) is 0. The topological polar surface area (TPSA) is 17.8 Å². The van der Waals surface area contributed by atoms with Crippen LogP contribution in [0.5, 0.6) is 0 Å². The summed E-state index contributed by atoms with van der Waals surface area (Å²) in [4.78, 5) is 0. The SMILES string of the molecule is Cc1cnn2c1CCC(C)(C)C2. The summed E-state index contributed by atoms with van der Waals surface area (Å²) in [6.45, 7) is 7.85. The van der Waals surface area contributed by atoms with E-state index in [9.17, 15) is 0 Å². The van der Waals surface area contributed by atoms with Gasteiger partial charge in [-0.1, -0.05) is 13.8 Å². The van der Waals surface area contributed by atoms with Crippen molar-refractivity contribution in [3.8, 4) is 0 Å². The Morgan fingerprint density at radius 1 is 1.50 bits per heavy atom. The Hall–Kier alpha value is -0.790. The first-order chi connectivity index (χ1) is 5.58. The minimum atomic E-state index is 0.436. The molecule has 2 nitrogen and oxygen atoms in total. The predicted octanol–water partition coefficient (Wildman–Crippen LogP) is 2.16. The average Bonchev–Trinajstić information content (AvgIpc) is 2.30. The lowest BCUT2D eigenvalue weighted by atomic mass is 9.84. The molecule has 0 aliphatic carbocycles. The third-order valence-electron chi connectivity index (χ3n) is 2.77. The molecule has 0 aromatic carbocycles. The molecule has 1 aromatic rings. The molecule has 0 atom stereocenters. The van der Waals surface area contributed by atoms with Crippen molar-refractivity contribution in [1.29, 1.82) is 0 Å². The molecule has 2 heterocycles. The van der Waals surface area contributed by atoms with Gasteiger partial charge in [-0.3, -0.25) is 4.68 Å². The van der Waals surface area contributed by atoms with Crippen LogP contribution < -0.4 is 0 Å². The van der Waals surface area contributed by atoms with Gasteiger partial charge in [0.1, 0.15) is 0 Å². The van der Waals surface area contributed by atoms with Gasteiger partial charge >= 0.3 is 0 Å². The summed E-state index contributed by atoms with van der Waals surface area (Å²) < 4.78 is 2.17. The highest BCUT2D eigenvalue weighted by Gasteiger charge is 2.26. The van der Waals surface area contributed by atoms with Crippen molar-refractivity contribution in [2.45, 2.75) is 40.2 Å². The Bertz CT molecular complexity index is 297. The molecule has 0 radical (unpaired) electrons. The molecule has 0 saturated carbocycles. The monoisotopic (exact) mass is 164 g/mol. The maximum Gasteiger partial charge on any atom is 0.0521 e. The summed E-state index contributed by atoms with van der Waals surface area (Å²) in [5.74, 6) is 0. The maximum atomic E-state index is 4.37. The van der Waals surface area contributed by atoms with Crippen molar-refractivity contribution in [2.24, 2.45) is 5.41 Å². The number of aryl methyl sites for hydroxylation is 1. The Morgan fingerprint density at radius 3 is 3.00 bits per heavy atom. The molecular weight excluding hydrogens is 148 g/mol. The third-order valence-corrected chi connectivity index (χ3v) is 2.77. The highest BCUT2D eigenvalue weighted by atomic mass is 15.3. The van der Waals surface area contributed by atoms with Crippen molar-refractivity contribution in [2.75, 3.05) is 0 Å². The number of rotatable bonds is 0. The van der Waals surface area contributed by atoms with E-state index in [-0.39, 0.29) is 0 Å². The minimum Gasteiger partial charge on any atom is -0.269 e. The van der Waals surface area contributed by atoms with E-state index in [1.54, 1.807) is 0 Å². The van der Waals surface area contributed by atoms with Crippen LogP contribution in [0.2, 0.25) is 0 Å². The van der Waals surface area contributed by atoms with Crippen LogP contribution in [-0.2, 0) is 13.0 Å². The molecule has 0 amide bonds. The van der Waals surface area contributed by atoms with E-state index in [0.717, 1.165) is 6.54 Å². The van der Waals surface area contributed by atoms with Gasteiger partial charge in [-0.2, -0.15) is 5.10 Å². The predicted molar refractivity (Wildman–Crippen MR) is 49.1 cm³/mol. The first-order valence-electron chi connectivity index (χ1n) is 4.60. The molecule has 0 saturated heterocycles. The van der Waals surface area contributed by atoms with E-state index >= 15 is 0 Å². The third kappa shape index (κ3) is 1.15. The molecule has 2 heteroatoms. The van der Waals surface area contributed by atoms with Crippen molar-refractivity contribution < 1.29 is 0 Å². The molecule has 1 aromatic heterocycles. The van der Waals surface area contributed by atoms with Gasteiger partial charge in [-0.05, 0) is 30.7 Å². The zero-order valence-electron chi connectivity index (χ0n) is 8.09. The van der Waals surface area contributed by atoms with Crippen molar-refractivity contribution in [1.82, 2.24) is 9.78 Å². The van der Waals surface area contributed by atoms with E-state index in [2.05, 4.69) is 30.6 Å². The van der Waals surface area contributed by atoms with Crippen LogP contribution in [-0.4, -0.2) is 9.78 Å². The minimum absolute atomic E-state index is 0.436. The molecule has 0 bridgehead atoms. The molecule has 2 rings (SSSR count). The second-order valence-corrected chi connectivity index (χ2v) is 4.60. The number of fused-ring (bicyclic) bond motifs is 1. The zero-order valence-corrected chi connectivity index (χ0v) is 8.09. The number of nitrogens with zero attached hydrogens (tertiary/aromatic N) is 2. The summed E-state index contributed by atoms with van der Waals surface area (Å²) >= 11 is 0. The van der Waals surface area contributed by atoms with Crippen molar-refractivity contribution in [3.63, 3.8) is 0 Å². The summed E-state index contributed by atoms with van der Waals surface area (Å²) in [5, 5.41) is 4.37. The number of aromatic nitrogens is 2. The molecule has 1 aliphatic heterocycles. The highest BCUT2D eigenvalue weighted by Crippen LogP contribution is 2.30. The van der Waals surface area contributed by atoms with Crippen LogP contribution in [0, 0.1) is 12.3 Å². The molecule has 0 fully saturated rings. The Balaban J connectivity index is 2.37. The first kappa shape index (κ1) is 7.84. The quantitative estimate of drug-likeness (QED) is 0.574. The lowest BCUT2D eigenvalue weighted by Crippen LogP contribution is -2.27. The van der Waals surface area contributed by atoms with E-state index in [0.29, 0.717) is 5.41 Å². The van der Waals surface area contributed by atoms with E-state index in [1.807, 2.05) is 6.20 Å². The molecular formula is C10H16N2. The van der Waals surface area contributed by atoms with Gasteiger partial charge in [0.15, 0.2) is 0 Å². The van der Waals surface area contributed by atoms with Crippen molar-refractivity contribution >= 4 is 0 Å². The van der Waals surface area contributed by atoms with Crippen LogP contribution in [0.1, 0.15) is 31.5 Å². The normalized spacial score (nSPS) is 20.6. The van der Waals surface area contributed by atoms with Gasteiger partial charge in [0.05, 0.1) is 6.20 Å². The summed E-state index contributed by atoms with van der Waals surface area (Å²) in [5.41, 5.74) is 3.23. The fourth-order valence-electron chi connectivity index (χ4n) is 1.91.